The first-order valence-electron chi connectivity index (χ1n) is 10.0. The molecule has 0 bridgehead atoms. The van der Waals surface area contributed by atoms with Gasteiger partial charge in [-0.2, -0.15) is 0 Å². The van der Waals surface area contributed by atoms with Crippen LogP contribution in [0.1, 0.15) is 62.5 Å². The molecule has 1 aliphatic rings. The highest BCUT2D eigenvalue weighted by Crippen LogP contribution is 2.66. The summed E-state index contributed by atoms with van der Waals surface area (Å²) in [6.45, 7) is 3.65. The van der Waals surface area contributed by atoms with E-state index in [1.807, 2.05) is 74.5 Å². The third-order valence-electron chi connectivity index (χ3n) is 7.01. The number of carboxylic acid groups (broad SMARTS) is 2. The largest absolute Gasteiger partial charge is 0.481 e. The van der Waals surface area contributed by atoms with Gasteiger partial charge in [0.15, 0.2) is 0 Å². The van der Waals surface area contributed by atoms with E-state index in [2.05, 4.69) is 0 Å². The average Bonchev–Trinajstić information content (AvgIpc) is 2.73. The fraction of sp³-hybridized carbons (Fsp3) is 0.417. The van der Waals surface area contributed by atoms with Crippen molar-refractivity contribution in [2.45, 2.75) is 51.4 Å². The Morgan fingerprint density at radius 2 is 1.07 bits per heavy atom. The maximum atomic E-state index is 12.9. The molecule has 28 heavy (non-hydrogen) atoms. The molecule has 2 aromatic rings. The molecule has 148 valence electrons. The zero-order valence-electron chi connectivity index (χ0n) is 16.5. The van der Waals surface area contributed by atoms with Gasteiger partial charge >= 0.3 is 11.9 Å². The van der Waals surface area contributed by atoms with E-state index in [9.17, 15) is 19.8 Å². The third kappa shape index (κ3) is 2.74. The van der Waals surface area contributed by atoms with Crippen molar-refractivity contribution < 1.29 is 19.8 Å². The van der Waals surface area contributed by atoms with Crippen molar-refractivity contribution in [1.29, 1.82) is 0 Å². The number of rotatable bonds is 6. The molecule has 3 rings (SSSR count). The van der Waals surface area contributed by atoms with E-state index >= 15 is 0 Å². The van der Waals surface area contributed by atoms with Gasteiger partial charge in [0.05, 0.1) is 10.8 Å². The second-order valence-electron chi connectivity index (χ2n) is 7.76. The first-order chi connectivity index (χ1) is 13.5. The van der Waals surface area contributed by atoms with Crippen LogP contribution in [-0.2, 0) is 9.59 Å². The van der Waals surface area contributed by atoms with E-state index in [4.69, 9.17) is 0 Å². The molecule has 0 aliphatic heterocycles. The highest BCUT2D eigenvalue weighted by atomic mass is 16.4. The Morgan fingerprint density at radius 1 is 0.750 bits per heavy atom. The van der Waals surface area contributed by atoms with E-state index in [1.165, 1.54) is 0 Å². The smallest absolute Gasteiger partial charge is 0.311 e. The summed E-state index contributed by atoms with van der Waals surface area (Å²) >= 11 is 0. The van der Waals surface area contributed by atoms with Crippen molar-refractivity contribution in [1.82, 2.24) is 0 Å². The van der Waals surface area contributed by atoms with Gasteiger partial charge in [0.25, 0.3) is 0 Å². The van der Waals surface area contributed by atoms with Gasteiger partial charge in [-0.25, -0.2) is 0 Å². The predicted octanol–water partition coefficient (Wildman–Crippen LogP) is 5.31. The number of benzene rings is 2. The van der Waals surface area contributed by atoms with Gasteiger partial charge in [0.2, 0.25) is 0 Å². The van der Waals surface area contributed by atoms with E-state index < -0.39 is 22.8 Å². The van der Waals surface area contributed by atoms with Crippen LogP contribution in [0.25, 0.3) is 0 Å². The second-order valence-corrected chi connectivity index (χ2v) is 7.76. The lowest BCUT2D eigenvalue weighted by atomic mass is 9.44. The number of carbonyl (C=O) groups is 2. The van der Waals surface area contributed by atoms with E-state index in [0.717, 1.165) is 11.1 Å². The molecule has 1 aliphatic carbocycles. The molecular formula is C24H28O4. The quantitative estimate of drug-likeness (QED) is 0.712. The Hall–Kier alpha value is -2.62. The first kappa shape index (κ1) is 20.1. The van der Waals surface area contributed by atoms with Crippen LogP contribution in [0, 0.1) is 10.8 Å². The fourth-order valence-corrected chi connectivity index (χ4v) is 5.83. The maximum Gasteiger partial charge on any atom is 0.311 e. The topological polar surface area (TPSA) is 74.6 Å². The number of hydrogen-bond donors (Lipinski definition) is 2. The molecule has 4 nitrogen and oxygen atoms in total. The molecule has 0 aromatic heterocycles. The molecule has 2 N–H and O–H groups in total. The van der Waals surface area contributed by atoms with Crippen molar-refractivity contribution in [2.75, 3.05) is 0 Å². The summed E-state index contributed by atoms with van der Waals surface area (Å²) in [5.74, 6) is -2.69. The van der Waals surface area contributed by atoms with Gasteiger partial charge in [-0.15, -0.1) is 0 Å². The molecule has 1 fully saturated rings. The fourth-order valence-electron chi connectivity index (χ4n) is 5.83. The SMILES string of the molecule is CCC1(C(=O)O)C(c2ccccc2)CCC(c2ccccc2)C1(CC)C(=O)O. The van der Waals surface area contributed by atoms with Gasteiger partial charge < -0.3 is 10.2 Å². The second kappa shape index (κ2) is 7.78. The van der Waals surface area contributed by atoms with Crippen LogP contribution in [0.4, 0.5) is 0 Å². The molecule has 0 spiro atoms. The molecule has 4 atom stereocenters. The minimum Gasteiger partial charge on any atom is -0.481 e. The molecular weight excluding hydrogens is 352 g/mol. The molecule has 4 unspecified atom stereocenters. The van der Waals surface area contributed by atoms with Gasteiger partial charge in [0.1, 0.15) is 0 Å². The zero-order chi connectivity index (χ0) is 20.4. The summed E-state index contributed by atoms with van der Waals surface area (Å²) in [5.41, 5.74) is -0.934. The summed E-state index contributed by atoms with van der Waals surface area (Å²) in [6, 6.07) is 19.1. The number of hydrogen-bond acceptors (Lipinski definition) is 2. The van der Waals surface area contributed by atoms with E-state index in [1.54, 1.807) is 0 Å². The van der Waals surface area contributed by atoms with Gasteiger partial charge in [-0.3, -0.25) is 9.59 Å². The summed E-state index contributed by atoms with van der Waals surface area (Å²) in [5, 5.41) is 21.1. The van der Waals surface area contributed by atoms with Crippen molar-refractivity contribution in [3.63, 3.8) is 0 Å². The molecule has 0 saturated heterocycles. The number of carboxylic acids is 2. The van der Waals surface area contributed by atoms with E-state index in [-0.39, 0.29) is 24.7 Å². The summed E-state index contributed by atoms with van der Waals surface area (Å²) in [4.78, 5) is 25.8. The lowest BCUT2D eigenvalue weighted by Gasteiger charge is -2.56. The van der Waals surface area contributed by atoms with E-state index in [0.29, 0.717) is 12.8 Å². The highest BCUT2D eigenvalue weighted by molar-refractivity contribution is 5.89. The molecule has 1 saturated carbocycles. The molecule has 4 heteroatoms. The Kier molecular flexibility index (Phi) is 5.59. The normalized spacial score (nSPS) is 29.9. The minimum absolute atomic E-state index is 0.269. The molecule has 0 radical (unpaired) electrons. The first-order valence-corrected chi connectivity index (χ1v) is 10.0. The van der Waals surface area contributed by atoms with Crippen molar-refractivity contribution in [2.24, 2.45) is 10.8 Å². The Labute approximate surface area is 166 Å². The van der Waals surface area contributed by atoms with Crippen LogP contribution >= 0.6 is 0 Å². The Bertz CT molecular complexity index is 761. The van der Waals surface area contributed by atoms with Crippen molar-refractivity contribution in [3.8, 4) is 0 Å². The van der Waals surface area contributed by atoms with Gasteiger partial charge in [-0.05, 0) is 36.8 Å². The third-order valence-corrected chi connectivity index (χ3v) is 7.01. The molecule has 2 aromatic carbocycles. The Morgan fingerprint density at radius 3 is 1.32 bits per heavy atom. The zero-order valence-corrected chi connectivity index (χ0v) is 16.5. The van der Waals surface area contributed by atoms with Crippen molar-refractivity contribution >= 4 is 11.9 Å². The highest BCUT2D eigenvalue weighted by Gasteiger charge is 2.68. The molecule has 0 amide bonds. The number of aliphatic carboxylic acids is 2. The van der Waals surface area contributed by atoms with Crippen LogP contribution in [0.3, 0.4) is 0 Å². The van der Waals surface area contributed by atoms with Crippen LogP contribution in [-0.4, -0.2) is 22.2 Å². The standard InChI is InChI=1S/C24H28O4/c1-3-23(21(25)26)19(17-11-7-5-8-12-17)15-16-20(18-13-9-6-10-14-18)24(23,4-2)22(27)28/h5-14,19-20H,3-4,15-16H2,1-2H3,(H,25,26)(H,27,28). The summed E-state index contributed by atoms with van der Waals surface area (Å²) in [6.07, 6.45) is 1.84. The van der Waals surface area contributed by atoms with Gasteiger partial charge in [-0.1, -0.05) is 74.5 Å². The van der Waals surface area contributed by atoms with Crippen LogP contribution in [0.5, 0.6) is 0 Å². The summed E-state index contributed by atoms with van der Waals surface area (Å²) < 4.78 is 0. The molecule has 0 heterocycles. The lowest BCUT2D eigenvalue weighted by molar-refractivity contribution is -0.187. The predicted molar refractivity (Wildman–Crippen MR) is 108 cm³/mol. The van der Waals surface area contributed by atoms with Gasteiger partial charge in [0, 0.05) is 11.8 Å². The summed E-state index contributed by atoms with van der Waals surface area (Å²) in [7, 11) is 0. The van der Waals surface area contributed by atoms with Crippen LogP contribution < -0.4 is 0 Å². The minimum atomic E-state index is -1.38. The monoisotopic (exact) mass is 380 g/mol. The van der Waals surface area contributed by atoms with Crippen molar-refractivity contribution in [3.05, 3.63) is 71.8 Å². The maximum absolute atomic E-state index is 12.9. The average molecular weight is 380 g/mol. The van der Waals surface area contributed by atoms with Crippen LogP contribution in [0.15, 0.2) is 60.7 Å². The Balaban J connectivity index is 2.30. The lowest BCUT2D eigenvalue weighted by Crippen LogP contribution is -2.60. The van der Waals surface area contributed by atoms with Crippen LogP contribution in [0.2, 0.25) is 0 Å².